The molecule has 0 bridgehead atoms. The molecule has 0 saturated heterocycles. The van der Waals surface area contributed by atoms with Crippen molar-refractivity contribution in [1.82, 2.24) is 0 Å². The van der Waals surface area contributed by atoms with Gasteiger partial charge in [-0.05, 0) is 121 Å². The lowest BCUT2D eigenvalue weighted by Gasteiger charge is -2.10. The highest BCUT2D eigenvalue weighted by Gasteiger charge is 2.03. The van der Waals surface area contributed by atoms with E-state index >= 15 is 0 Å². The predicted molar refractivity (Wildman–Crippen MR) is 168 cm³/mol. The maximum absolute atomic E-state index is 5.88. The summed E-state index contributed by atoms with van der Waals surface area (Å²) >= 11 is 0. The molecule has 0 amide bonds. The van der Waals surface area contributed by atoms with E-state index in [0.717, 1.165) is 34.5 Å². The minimum atomic E-state index is 0.700. The van der Waals surface area contributed by atoms with Crippen molar-refractivity contribution in [1.29, 1.82) is 0 Å². The van der Waals surface area contributed by atoms with Crippen LogP contribution < -0.4 is 30.4 Å². The van der Waals surface area contributed by atoms with E-state index in [2.05, 4.69) is 0 Å². The van der Waals surface area contributed by atoms with Gasteiger partial charge in [0.15, 0.2) is 0 Å². The molecule has 0 aromatic heterocycles. The Balaban J connectivity index is 0.000000226. The quantitative estimate of drug-likeness (QED) is 0.182. The zero-order valence-corrected chi connectivity index (χ0v) is 22.8. The Kier molecular flexibility index (Phi) is 9.20. The van der Waals surface area contributed by atoms with E-state index in [-0.39, 0.29) is 0 Å². The van der Waals surface area contributed by atoms with Gasteiger partial charge in [-0.3, -0.25) is 0 Å². The number of nitrogens with two attached hydrogens (primary N) is 2. The summed E-state index contributed by atoms with van der Waals surface area (Å²) in [4.78, 5) is 0. The fourth-order valence-corrected chi connectivity index (χ4v) is 3.74. The van der Waals surface area contributed by atoms with Crippen LogP contribution in [-0.2, 0) is 0 Å². The molecular weight excluding hydrogens is 524 g/mol. The Hall–Kier alpha value is -5.88. The number of hydrogen-bond donors (Lipinski definition) is 2. The molecule has 0 fully saturated rings. The summed E-state index contributed by atoms with van der Waals surface area (Å²) in [7, 11) is 0. The van der Waals surface area contributed by atoms with Gasteiger partial charge in [-0.15, -0.1) is 0 Å². The minimum Gasteiger partial charge on any atom is -0.457 e. The van der Waals surface area contributed by atoms with E-state index < -0.39 is 0 Å². The van der Waals surface area contributed by atoms with Crippen LogP contribution in [0.15, 0.2) is 158 Å². The highest BCUT2D eigenvalue weighted by atomic mass is 16.5. The van der Waals surface area contributed by atoms with Crippen LogP contribution in [0.1, 0.15) is 0 Å². The zero-order valence-electron chi connectivity index (χ0n) is 22.8. The summed E-state index contributed by atoms with van der Waals surface area (Å²) in [6.07, 6.45) is 0. The number of hydrogen-bond acceptors (Lipinski definition) is 6. The van der Waals surface area contributed by atoms with Crippen molar-refractivity contribution >= 4 is 11.4 Å². The van der Waals surface area contributed by atoms with Crippen LogP contribution in [-0.4, -0.2) is 0 Å². The summed E-state index contributed by atoms with van der Waals surface area (Å²) in [6, 6.07) is 48.8. The van der Waals surface area contributed by atoms with Crippen LogP contribution >= 0.6 is 0 Å². The van der Waals surface area contributed by atoms with Crippen molar-refractivity contribution in [3.8, 4) is 46.0 Å². The molecule has 0 aliphatic rings. The van der Waals surface area contributed by atoms with Crippen molar-refractivity contribution in [2.75, 3.05) is 11.5 Å². The third-order valence-electron chi connectivity index (χ3n) is 5.84. The Morgan fingerprint density at radius 1 is 0.238 bits per heavy atom. The first-order valence-electron chi connectivity index (χ1n) is 13.3. The minimum absolute atomic E-state index is 0.700. The smallest absolute Gasteiger partial charge is 0.127 e. The number of anilines is 2. The average molecular weight is 555 g/mol. The van der Waals surface area contributed by atoms with Crippen LogP contribution in [0.3, 0.4) is 0 Å². The van der Waals surface area contributed by atoms with Gasteiger partial charge in [0.25, 0.3) is 0 Å². The van der Waals surface area contributed by atoms with Gasteiger partial charge in [-0.2, -0.15) is 0 Å². The monoisotopic (exact) mass is 554 g/mol. The van der Waals surface area contributed by atoms with Crippen LogP contribution in [0.25, 0.3) is 0 Å². The van der Waals surface area contributed by atoms with E-state index in [9.17, 15) is 0 Å². The first-order chi connectivity index (χ1) is 20.6. The van der Waals surface area contributed by atoms with Crippen LogP contribution in [0.2, 0.25) is 0 Å². The Morgan fingerprint density at radius 2 is 0.429 bits per heavy atom. The van der Waals surface area contributed by atoms with E-state index in [4.69, 9.17) is 30.4 Å². The standard InChI is InChI=1S/C24H20N2O3.C12H10O/c25-17-1-5-19(6-2-17)27-21-9-13-23(14-10-21)29-24-15-11-22(12-16-24)28-20-7-3-18(26)4-8-20;1-3-7-11(8-4-1)13-12-9-5-2-6-10-12/h1-16H,25-26H2;1-10H. The second kappa shape index (κ2) is 14.0. The Morgan fingerprint density at radius 3 is 0.667 bits per heavy atom. The van der Waals surface area contributed by atoms with Gasteiger partial charge in [-0.1, -0.05) is 36.4 Å². The number of nitrogen functional groups attached to an aromatic ring is 2. The van der Waals surface area contributed by atoms with Crippen LogP contribution in [0.5, 0.6) is 46.0 Å². The summed E-state index contributed by atoms with van der Waals surface area (Å²) in [5.41, 5.74) is 12.8. The van der Waals surface area contributed by atoms with Gasteiger partial charge in [-0.25, -0.2) is 0 Å². The van der Waals surface area contributed by atoms with Gasteiger partial charge in [0.05, 0.1) is 0 Å². The molecule has 0 atom stereocenters. The van der Waals surface area contributed by atoms with E-state index in [0.29, 0.717) is 22.9 Å². The molecule has 6 aromatic carbocycles. The Labute approximate surface area is 245 Å². The van der Waals surface area contributed by atoms with E-state index in [1.54, 1.807) is 24.3 Å². The molecule has 6 aromatic rings. The maximum Gasteiger partial charge on any atom is 0.127 e. The lowest BCUT2D eigenvalue weighted by molar-refractivity contribution is 0.464. The van der Waals surface area contributed by atoms with Gasteiger partial charge >= 0.3 is 0 Å². The maximum atomic E-state index is 5.88. The SMILES string of the molecule is Nc1ccc(Oc2ccc(Oc3ccc(Oc4ccc(N)cc4)cc3)cc2)cc1.c1ccc(Oc2ccccc2)cc1. The number of benzene rings is 6. The third kappa shape index (κ3) is 8.56. The predicted octanol–water partition coefficient (Wildman–Crippen LogP) is 9.71. The van der Waals surface area contributed by atoms with Gasteiger partial charge in [0, 0.05) is 11.4 Å². The van der Waals surface area contributed by atoms with Crippen LogP contribution in [0.4, 0.5) is 11.4 Å². The molecule has 42 heavy (non-hydrogen) atoms. The molecule has 6 nitrogen and oxygen atoms in total. The van der Waals surface area contributed by atoms with Crippen molar-refractivity contribution < 1.29 is 18.9 Å². The Bertz CT molecular complexity index is 1510. The molecule has 0 saturated carbocycles. The van der Waals surface area contributed by atoms with Crippen molar-refractivity contribution in [3.63, 3.8) is 0 Å². The summed E-state index contributed by atoms with van der Waals surface area (Å²) < 4.78 is 23.0. The van der Waals surface area contributed by atoms with Crippen molar-refractivity contribution in [3.05, 3.63) is 158 Å². The fourth-order valence-electron chi connectivity index (χ4n) is 3.74. The molecule has 4 N–H and O–H groups in total. The number of rotatable bonds is 8. The van der Waals surface area contributed by atoms with Crippen molar-refractivity contribution in [2.24, 2.45) is 0 Å². The summed E-state index contributed by atoms with van der Waals surface area (Å²) in [5.74, 6) is 6.05. The number of ether oxygens (including phenoxy) is 4. The summed E-state index contributed by atoms with van der Waals surface area (Å²) in [5, 5.41) is 0. The highest BCUT2D eigenvalue weighted by Crippen LogP contribution is 2.29. The van der Waals surface area contributed by atoms with E-state index in [1.165, 1.54) is 0 Å². The largest absolute Gasteiger partial charge is 0.457 e. The molecule has 0 unspecified atom stereocenters. The first kappa shape index (κ1) is 27.7. The molecule has 0 radical (unpaired) electrons. The lowest BCUT2D eigenvalue weighted by atomic mass is 10.3. The van der Waals surface area contributed by atoms with Gasteiger partial charge in [0.2, 0.25) is 0 Å². The molecule has 0 spiro atoms. The molecule has 0 heterocycles. The second-order valence-corrected chi connectivity index (χ2v) is 9.12. The zero-order chi connectivity index (χ0) is 29.0. The lowest BCUT2D eigenvalue weighted by Crippen LogP contribution is -1.88. The average Bonchev–Trinajstić information content (AvgIpc) is 3.03. The van der Waals surface area contributed by atoms with E-state index in [1.807, 2.05) is 133 Å². The normalized spacial score (nSPS) is 10.1. The first-order valence-corrected chi connectivity index (χ1v) is 13.3. The number of para-hydroxylation sites is 2. The van der Waals surface area contributed by atoms with Crippen molar-refractivity contribution in [2.45, 2.75) is 0 Å². The molecule has 6 rings (SSSR count). The summed E-state index contributed by atoms with van der Waals surface area (Å²) in [6.45, 7) is 0. The van der Waals surface area contributed by atoms with Crippen LogP contribution in [0, 0.1) is 0 Å². The third-order valence-corrected chi connectivity index (χ3v) is 5.84. The van der Waals surface area contributed by atoms with Gasteiger partial charge < -0.3 is 30.4 Å². The molecule has 6 heteroatoms. The molecule has 0 aliphatic heterocycles. The highest BCUT2D eigenvalue weighted by molar-refractivity contribution is 5.45. The molecule has 0 aliphatic carbocycles. The second-order valence-electron chi connectivity index (χ2n) is 9.12. The topological polar surface area (TPSA) is 89.0 Å². The fraction of sp³-hybridized carbons (Fsp3) is 0. The molecule has 208 valence electrons. The molecular formula is C36H30N2O4. The van der Waals surface area contributed by atoms with Gasteiger partial charge in [0.1, 0.15) is 46.0 Å².